The molecule has 0 bridgehead atoms. The highest BCUT2D eigenvalue weighted by molar-refractivity contribution is 9.08. The predicted molar refractivity (Wildman–Crippen MR) is 71.7 cm³/mol. The van der Waals surface area contributed by atoms with Crippen LogP contribution in [-0.2, 0) is 5.33 Å². The van der Waals surface area contributed by atoms with Gasteiger partial charge < -0.3 is 0 Å². The molecule has 0 saturated carbocycles. The zero-order chi connectivity index (χ0) is 12.3. The second-order valence-corrected chi connectivity index (χ2v) is 4.75. The quantitative estimate of drug-likeness (QED) is 0.887. The number of alkyl halides is 1. The summed E-state index contributed by atoms with van der Waals surface area (Å²) in [6.07, 6.45) is 0. The summed E-state index contributed by atoms with van der Waals surface area (Å²) in [6, 6.07) is 7.44. The lowest BCUT2D eigenvalue weighted by molar-refractivity contribution is 0.102. The second-order valence-electron chi connectivity index (χ2n) is 3.43. The first kappa shape index (κ1) is 12.2. The molecule has 1 aromatic heterocycles. The molecule has 2 aromatic rings. The van der Waals surface area contributed by atoms with E-state index in [-0.39, 0.29) is 5.91 Å². The van der Waals surface area contributed by atoms with Crippen LogP contribution in [0.2, 0.25) is 0 Å². The average molecular weight is 312 g/mol. The summed E-state index contributed by atoms with van der Waals surface area (Å²) in [4.78, 5) is 16.0. The fourth-order valence-corrected chi connectivity index (χ4v) is 2.23. The zero-order valence-corrected chi connectivity index (χ0v) is 11.5. The summed E-state index contributed by atoms with van der Waals surface area (Å²) >= 11 is 4.54. The molecule has 17 heavy (non-hydrogen) atoms. The predicted octanol–water partition coefficient (Wildman–Crippen LogP) is 2.99. The Balaban J connectivity index is 2.14. The molecule has 0 aliphatic carbocycles. The van der Waals surface area contributed by atoms with E-state index in [4.69, 9.17) is 0 Å². The molecule has 1 amide bonds. The van der Waals surface area contributed by atoms with Crippen molar-refractivity contribution in [3.63, 3.8) is 0 Å². The number of carbonyl (C=O) groups excluding carboxylic acids is 1. The number of amides is 1. The first-order valence-electron chi connectivity index (χ1n) is 4.95. The Morgan fingerprint density at radius 3 is 3.00 bits per heavy atom. The highest BCUT2D eigenvalue weighted by Crippen LogP contribution is 2.14. The highest BCUT2D eigenvalue weighted by Gasteiger charge is 2.09. The first-order valence-corrected chi connectivity index (χ1v) is 6.85. The molecule has 0 radical (unpaired) electrons. The standard InChI is InChI=1S/C11H10BrN3OS/c1-7-13-11(17-15-7)14-10(16)9-4-2-3-8(5-9)6-12/h2-5H,6H2,1H3,(H,13,14,15,16). The van der Waals surface area contributed by atoms with E-state index in [0.717, 1.165) is 10.9 Å². The molecule has 0 aliphatic rings. The van der Waals surface area contributed by atoms with E-state index in [2.05, 4.69) is 30.6 Å². The van der Waals surface area contributed by atoms with E-state index in [1.54, 1.807) is 13.0 Å². The van der Waals surface area contributed by atoms with Crippen LogP contribution in [0.15, 0.2) is 24.3 Å². The third-order valence-electron chi connectivity index (χ3n) is 2.09. The maximum Gasteiger partial charge on any atom is 0.257 e. The Kier molecular flexibility index (Phi) is 3.86. The van der Waals surface area contributed by atoms with Crippen LogP contribution in [-0.4, -0.2) is 15.3 Å². The maximum absolute atomic E-state index is 11.9. The van der Waals surface area contributed by atoms with Crippen molar-refractivity contribution in [3.05, 3.63) is 41.2 Å². The van der Waals surface area contributed by atoms with Gasteiger partial charge in [0.15, 0.2) is 0 Å². The van der Waals surface area contributed by atoms with Crippen molar-refractivity contribution >= 4 is 38.5 Å². The molecular weight excluding hydrogens is 302 g/mol. The van der Waals surface area contributed by atoms with Gasteiger partial charge in [0.1, 0.15) is 5.82 Å². The molecule has 0 fully saturated rings. The lowest BCUT2D eigenvalue weighted by Crippen LogP contribution is -2.11. The van der Waals surface area contributed by atoms with Crippen LogP contribution < -0.4 is 5.32 Å². The van der Waals surface area contributed by atoms with Gasteiger partial charge in [0.2, 0.25) is 5.13 Å². The number of nitrogens with one attached hydrogen (secondary N) is 1. The summed E-state index contributed by atoms with van der Waals surface area (Å²) < 4.78 is 4.01. The van der Waals surface area contributed by atoms with Crippen molar-refractivity contribution in [2.75, 3.05) is 5.32 Å². The van der Waals surface area contributed by atoms with Crippen LogP contribution in [0.5, 0.6) is 0 Å². The second kappa shape index (κ2) is 5.37. The third-order valence-corrected chi connectivity index (χ3v) is 3.46. The normalized spacial score (nSPS) is 10.2. The van der Waals surface area contributed by atoms with Crippen molar-refractivity contribution in [2.24, 2.45) is 0 Å². The molecule has 0 unspecified atom stereocenters. The Morgan fingerprint density at radius 2 is 2.35 bits per heavy atom. The maximum atomic E-state index is 11.9. The molecule has 6 heteroatoms. The molecule has 1 heterocycles. The summed E-state index contributed by atoms with van der Waals surface area (Å²) in [7, 11) is 0. The SMILES string of the molecule is Cc1nsc(NC(=O)c2cccc(CBr)c2)n1. The van der Waals surface area contributed by atoms with Crippen LogP contribution >= 0.6 is 27.5 Å². The van der Waals surface area contributed by atoms with E-state index in [0.29, 0.717) is 16.5 Å². The summed E-state index contributed by atoms with van der Waals surface area (Å²) in [5.41, 5.74) is 1.68. The van der Waals surface area contributed by atoms with Gasteiger partial charge in [-0.1, -0.05) is 28.1 Å². The number of benzene rings is 1. The highest BCUT2D eigenvalue weighted by atomic mass is 79.9. The van der Waals surface area contributed by atoms with Gasteiger partial charge in [-0.3, -0.25) is 10.1 Å². The van der Waals surface area contributed by atoms with Gasteiger partial charge in [-0.05, 0) is 24.6 Å². The lowest BCUT2D eigenvalue weighted by Gasteiger charge is -2.02. The van der Waals surface area contributed by atoms with Gasteiger partial charge in [-0.25, -0.2) is 4.98 Å². The number of hydrogen-bond acceptors (Lipinski definition) is 4. The van der Waals surface area contributed by atoms with E-state index in [9.17, 15) is 4.79 Å². The molecule has 88 valence electrons. The molecule has 2 rings (SSSR count). The molecule has 4 nitrogen and oxygen atoms in total. The molecule has 0 spiro atoms. The number of halogens is 1. The average Bonchev–Trinajstić information content (AvgIpc) is 2.75. The third kappa shape index (κ3) is 3.10. The minimum Gasteiger partial charge on any atom is -0.297 e. The lowest BCUT2D eigenvalue weighted by atomic mass is 10.1. The van der Waals surface area contributed by atoms with Crippen molar-refractivity contribution in [1.29, 1.82) is 0 Å². The monoisotopic (exact) mass is 311 g/mol. The largest absolute Gasteiger partial charge is 0.297 e. The van der Waals surface area contributed by atoms with Crippen molar-refractivity contribution in [2.45, 2.75) is 12.3 Å². The van der Waals surface area contributed by atoms with Crippen LogP contribution in [0.1, 0.15) is 21.7 Å². The van der Waals surface area contributed by atoms with Crippen molar-refractivity contribution in [3.8, 4) is 0 Å². The number of hydrogen-bond donors (Lipinski definition) is 1. The van der Waals surface area contributed by atoms with Crippen LogP contribution in [0.25, 0.3) is 0 Å². The van der Waals surface area contributed by atoms with E-state index in [1.165, 1.54) is 11.5 Å². The number of nitrogens with zero attached hydrogens (tertiary/aromatic N) is 2. The Hall–Kier alpha value is -1.27. The summed E-state index contributed by atoms with van der Waals surface area (Å²) in [5, 5.41) is 3.97. The van der Waals surface area contributed by atoms with Gasteiger partial charge in [0.25, 0.3) is 5.91 Å². The number of aryl methyl sites for hydroxylation is 1. The Bertz CT molecular complexity index is 541. The minimum absolute atomic E-state index is 0.163. The Labute approximate surface area is 111 Å². The zero-order valence-electron chi connectivity index (χ0n) is 9.11. The topological polar surface area (TPSA) is 54.9 Å². The number of rotatable bonds is 3. The van der Waals surface area contributed by atoms with Gasteiger partial charge >= 0.3 is 0 Å². The molecule has 0 aliphatic heterocycles. The van der Waals surface area contributed by atoms with E-state index >= 15 is 0 Å². The van der Waals surface area contributed by atoms with Gasteiger partial charge in [-0.15, -0.1) is 0 Å². The fraction of sp³-hybridized carbons (Fsp3) is 0.182. The van der Waals surface area contributed by atoms with Gasteiger partial charge in [0.05, 0.1) is 0 Å². The minimum atomic E-state index is -0.163. The summed E-state index contributed by atoms with van der Waals surface area (Å²) in [6.45, 7) is 1.79. The van der Waals surface area contributed by atoms with Crippen molar-refractivity contribution in [1.82, 2.24) is 9.36 Å². The molecule has 0 atom stereocenters. The smallest absolute Gasteiger partial charge is 0.257 e. The van der Waals surface area contributed by atoms with Gasteiger partial charge in [0, 0.05) is 22.4 Å². The first-order chi connectivity index (χ1) is 8.19. The Morgan fingerprint density at radius 1 is 1.53 bits per heavy atom. The molecule has 0 saturated heterocycles. The van der Waals surface area contributed by atoms with Crippen LogP contribution in [0.3, 0.4) is 0 Å². The summed E-state index contributed by atoms with van der Waals surface area (Å²) in [5.74, 6) is 0.503. The number of anilines is 1. The van der Waals surface area contributed by atoms with Crippen LogP contribution in [0, 0.1) is 6.92 Å². The fourth-order valence-electron chi connectivity index (χ4n) is 1.31. The van der Waals surface area contributed by atoms with Gasteiger partial charge in [-0.2, -0.15) is 4.37 Å². The van der Waals surface area contributed by atoms with Crippen LogP contribution in [0.4, 0.5) is 5.13 Å². The number of carbonyl (C=O) groups is 1. The molecular formula is C11H10BrN3OS. The van der Waals surface area contributed by atoms with Crippen molar-refractivity contribution < 1.29 is 4.79 Å². The number of aromatic nitrogens is 2. The van der Waals surface area contributed by atoms with E-state index in [1.807, 2.05) is 18.2 Å². The van der Waals surface area contributed by atoms with E-state index < -0.39 is 0 Å². The molecule has 1 aromatic carbocycles. The molecule has 1 N–H and O–H groups in total.